The average Bonchev–Trinajstić information content (AvgIpc) is 3.67. The van der Waals surface area contributed by atoms with E-state index < -0.39 is 50.5 Å². The maximum Gasteiger partial charge on any atom is 0.459 e. The van der Waals surface area contributed by atoms with Crippen LogP contribution < -0.4 is 30.9 Å². The first-order valence-corrected chi connectivity index (χ1v) is 15.4. The van der Waals surface area contributed by atoms with Crippen molar-refractivity contribution in [2.45, 2.75) is 75.7 Å². The molecule has 6 N–H and O–H groups in total. The van der Waals surface area contributed by atoms with Gasteiger partial charge in [0.2, 0.25) is 5.95 Å². The third-order valence-electron chi connectivity index (χ3n) is 7.59. The zero-order chi connectivity index (χ0) is 30.1. The summed E-state index contributed by atoms with van der Waals surface area (Å²) in [4.78, 5) is 22.2. The number of rotatable bonds is 11. The van der Waals surface area contributed by atoms with Crippen LogP contribution in [0.15, 0.2) is 30.3 Å². The number of anilines is 4. The van der Waals surface area contributed by atoms with E-state index in [1.165, 1.54) is 25.9 Å². The zero-order valence-electron chi connectivity index (χ0n) is 23.7. The Bertz CT molecular complexity index is 1320. The van der Waals surface area contributed by atoms with Gasteiger partial charge in [0.1, 0.15) is 29.7 Å². The van der Waals surface area contributed by atoms with Gasteiger partial charge in [0.15, 0.2) is 23.5 Å². The number of alkyl halides is 1. The minimum Gasteiger partial charge on any atom is -0.468 e. The summed E-state index contributed by atoms with van der Waals surface area (Å²) in [6.07, 6.45) is 0.0262. The lowest BCUT2D eigenvalue weighted by molar-refractivity contribution is -0.142. The van der Waals surface area contributed by atoms with Gasteiger partial charge in [-0.05, 0) is 38.8 Å². The Morgan fingerprint density at radius 1 is 1.33 bits per heavy atom. The van der Waals surface area contributed by atoms with Gasteiger partial charge in [0.25, 0.3) is 0 Å². The highest BCUT2D eigenvalue weighted by atomic mass is 31.2. The minimum atomic E-state index is -4.25. The van der Waals surface area contributed by atoms with Crippen molar-refractivity contribution in [2.24, 2.45) is 0 Å². The molecule has 6 atom stereocenters. The van der Waals surface area contributed by atoms with Crippen molar-refractivity contribution in [1.82, 2.24) is 15.1 Å². The van der Waals surface area contributed by atoms with Crippen molar-refractivity contribution in [3.8, 4) is 5.75 Å². The smallest absolute Gasteiger partial charge is 0.459 e. The molecule has 0 radical (unpaired) electrons. The molecule has 230 valence electrons. The first-order chi connectivity index (χ1) is 20.0. The second-order valence-electron chi connectivity index (χ2n) is 10.8. The van der Waals surface area contributed by atoms with Crippen molar-refractivity contribution >= 4 is 37.0 Å². The maximum absolute atomic E-state index is 16.2. The lowest BCUT2D eigenvalue weighted by Crippen LogP contribution is -2.50. The molecular weight excluding hydrogens is 572 g/mol. The van der Waals surface area contributed by atoms with Crippen LogP contribution in [-0.4, -0.2) is 77.6 Å². The van der Waals surface area contributed by atoms with Gasteiger partial charge in [-0.25, -0.2) is 8.96 Å². The van der Waals surface area contributed by atoms with E-state index >= 15 is 4.39 Å². The number of ether oxygens (including phenoxy) is 2. The number of halogens is 1. The number of aliphatic hydroxyl groups is 1. The number of aliphatic hydroxyl groups excluding tert-OH is 1. The highest BCUT2D eigenvalue weighted by Gasteiger charge is 2.58. The number of nitrogens with two attached hydrogens (primary N) is 1. The molecule has 0 spiro atoms. The van der Waals surface area contributed by atoms with E-state index in [0.29, 0.717) is 17.3 Å². The maximum atomic E-state index is 16.2. The van der Waals surface area contributed by atoms with Gasteiger partial charge in [0, 0.05) is 6.04 Å². The van der Waals surface area contributed by atoms with Crippen LogP contribution in [0.2, 0.25) is 0 Å². The van der Waals surface area contributed by atoms with Gasteiger partial charge < -0.3 is 40.4 Å². The number of carbonyl (C=O) groups is 1. The summed E-state index contributed by atoms with van der Waals surface area (Å²) < 4.78 is 51.7. The molecule has 1 aliphatic carbocycles. The Kier molecular flexibility index (Phi) is 8.76. The Morgan fingerprint density at radius 2 is 2.05 bits per heavy atom. The lowest BCUT2D eigenvalue weighted by atomic mass is 9.98. The SMILES string of the molecule is COC(=O)[C@H](C)N[P@@](=O)(OC[C@H]1O[C@@H](N2CNc3c(NC4CCCC4)nc(N)nc32)[C@](C)(F)[C@@H]1O)Oc1ccccc1. The van der Waals surface area contributed by atoms with Crippen LogP contribution in [0.3, 0.4) is 0 Å². The second kappa shape index (κ2) is 12.2. The fourth-order valence-electron chi connectivity index (χ4n) is 5.38. The standard InChI is InChI=1S/C26H37FN7O7P/c1-15(23(36)38-3)33-42(37,41-17-11-5-4-6-12-17)39-13-18-20(35)26(2,27)24(40-18)34-14-29-19-21(30-16-9-7-8-10-16)31-25(28)32-22(19)34/h4-6,11-12,15-16,18,20,24,29,35H,7-10,13-14H2,1-3H3,(H,33,37)(H3,28,30,31,32)/t15-,18+,20+,24+,26+,42+/m0/s1. The molecule has 1 aromatic heterocycles. The molecule has 5 rings (SSSR count). The molecular formula is C26H37FN7O7P. The Hall–Kier alpha value is -3.23. The summed E-state index contributed by atoms with van der Waals surface area (Å²) in [6.45, 7) is 2.22. The molecule has 1 saturated carbocycles. The van der Waals surface area contributed by atoms with E-state index in [1.807, 2.05) is 0 Å². The van der Waals surface area contributed by atoms with Crippen LogP contribution in [0.1, 0.15) is 39.5 Å². The predicted octanol–water partition coefficient (Wildman–Crippen LogP) is 2.77. The quantitative estimate of drug-likeness (QED) is 0.185. The summed E-state index contributed by atoms with van der Waals surface area (Å²) in [5.74, 6) is 0.359. The lowest BCUT2D eigenvalue weighted by Gasteiger charge is -2.31. The van der Waals surface area contributed by atoms with Gasteiger partial charge in [-0.2, -0.15) is 15.1 Å². The number of carbonyl (C=O) groups excluding carboxylic acids is 1. The molecule has 1 saturated heterocycles. The molecule has 2 aliphatic heterocycles. The number of nitrogens with one attached hydrogen (secondary N) is 3. The number of nitrogen functional groups attached to an aromatic ring is 1. The second-order valence-corrected chi connectivity index (χ2v) is 12.4. The van der Waals surface area contributed by atoms with E-state index in [-0.39, 0.29) is 24.4 Å². The largest absolute Gasteiger partial charge is 0.468 e. The zero-order valence-corrected chi connectivity index (χ0v) is 24.6. The van der Waals surface area contributed by atoms with E-state index in [4.69, 9.17) is 24.3 Å². The number of hydrogen-bond donors (Lipinski definition) is 5. The number of benzene rings is 1. The highest BCUT2D eigenvalue weighted by Crippen LogP contribution is 2.48. The van der Waals surface area contributed by atoms with Gasteiger partial charge in [-0.1, -0.05) is 31.0 Å². The molecule has 0 bridgehead atoms. The van der Waals surface area contributed by atoms with Gasteiger partial charge in [-0.3, -0.25) is 9.32 Å². The number of aromatic nitrogens is 2. The van der Waals surface area contributed by atoms with Crippen LogP contribution in [0.4, 0.5) is 27.7 Å². The highest BCUT2D eigenvalue weighted by molar-refractivity contribution is 7.52. The Morgan fingerprint density at radius 3 is 2.74 bits per heavy atom. The van der Waals surface area contributed by atoms with E-state index in [1.54, 1.807) is 30.3 Å². The van der Waals surface area contributed by atoms with E-state index in [2.05, 4.69) is 25.7 Å². The van der Waals surface area contributed by atoms with Crippen molar-refractivity contribution in [3.05, 3.63) is 30.3 Å². The summed E-state index contributed by atoms with van der Waals surface area (Å²) in [5.41, 5.74) is 4.28. The van der Waals surface area contributed by atoms with Crippen LogP contribution in [-0.2, 0) is 23.4 Å². The summed E-state index contributed by atoms with van der Waals surface area (Å²) >= 11 is 0. The minimum absolute atomic E-state index is 0.00624. The summed E-state index contributed by atoms with van der Waals surface area (Å²) in [7, 11) is -3.06. The molecule has 0 unspecified atom stereocenters. The number of esters is 1. The first kappa shape index (κ1) is 30.2. The van der Waals surface area contributed by atoms with Gasteiger partial charge in [-0.15, -0.1) is 0 Å². The first-order valence-electron chi connectivity index (χ1n) is 13.8. The van der Waals surface area contributed by atoms with Gasteiger partial charge in [0.05, 0.1) is 20.4 Å². The Balaban J connectivity index is 1.33. The number of para-hydroxylation sites is 1. The van der Waals surface area contributed by atoms with Crippen molar-refractivity contribution in [1.29, 1.82) is 0 Å². The van der Waals surface area contributed by atoms with Crippen LogP contribution >= 0.6 is 7.75 Å². The Labute approximate surface area is 243 Å². The van der Waals surface area contributed by atoms with Crippen molar-refractivity contribution < 1.29 is 37.4 Å². The number of hydrogen-bond acceptors (Lipinski definition) is 13. The molecule has 2 aromatic rings. The molecule has 3 heterocycles. The van der Waals surface area contributed by atoms with Crippen molar-refractivity contribution in [3.63, 3.8) is 0 Å². The third-order valence-corrected chi connectivity index (χ3v) is 9.23. The molecule has 3 aliphatic rings. The summed E-state index contributed by atoms with van der Waals surface area (Å²) in [6, 6.07) is 7.36. The monoisotopic (exact) mass is 609 g/mol. The molecule has 2 fully saturated rings. The molecule has 0 amide bonds. The van der Waals surface area contributed by atoms with Crippen LogP contribution in [0.5, 0.6) is 5.75 Å². The fourth-order valence-corrected chi connectivity index (χ4v) is 6.88. The van der Waals surface area contributed by atoms with Crippen LogP contribution in [0.25, 0.3) is 0 Å². The molecule has 14 nitrogen and oxygen atoms in total. The third kappa shape index (κ3) is 6.25. The predicted molar refractivity (Wildman–Crippen MR) is 153 cm³/mol. The van der Waals surface area contributed by atoms with E-state index in [0.717, 1.165) is 25.7 Å². The van der Waals surface area contributed by atoms with E-state index in [9.17, 15) is 14.5 Å². The van der Waals surface area contributed by atoms with Gasteiger partial charge >= 0.3 is 13.7 Å². The van der Waals surface area contributed by atoms with Crippen LogP contribution in [0, 0.1) is 0 Å². The molecule has 1 aromatic carbocycles. The summed E-state index contributed by atoms with van der Waals surface area (Å²) in [5, 5.41) is 20.1. The topological polar surface area (TPSA) is 182 Å². The number of nitrogens with zero attached hydrogens (tertiary/aromatic N) is 3. The average molecular weight is 610 g/mol. The molecule has 16 heteroatoms. The number of fused-ring (bicyclic) bond motifs is 1. The normalized spacial score (nSPS) is 27.6. The molecule has 42 heavy (non-hydrogen) atoms. The fraction of sp³-hybridized carbons (Fsp3) is 0.577. The number of methoxy groups -OCH3 is 1. The van der Waals surface area contributed by atoms with Crippen molar-refractivity contribution in [2.75, 3.05) is 41.7 Å².